The van der Waals surface area contributed by atoms with Gasteiger partial charge in [0.15, 0.2) is 11.5 Å². The minimum atomic E-state index is -1.48. The average molecular weight is 458 g/mol. The second-order valence-corrected chi connectivity index (χ2v) is 7.83. The number of hydrogen-bond acceptors (Lipinski definition) is 6. The third kappa shape index (κ3) is 7.15. The Kier molecular flexibility index (Phi) is 9.60. The van der Waals surface area contributed by atoms with Gasteiger partial charge in [-0.3, -0.25) is 4.79 Å². The predicted octanol–water partition coefficient (Wildman–Crippen LogP) is 3.89. The number of ether oxygens (including phenoxy) is 2. The highest BCUT2D eigenvalue weighted by atomic mass is 19.1. The Morgan fingerprint density at radius 3 is 2.30 bits per heavy atom. The molecule has 0 aromatic heterocycles. The molecule has 2 rings (SSSR count). The molecule has 0 radical (unpaired) electrons. The fraction of sp³-hybridized carbons (Fsp3) is 0.385. The first kappa shape index (κ1) is 26.1. The molecule has 2 aromatic rings. The first-order valence-corrected chi connectivity index (χ1v) is 11.0. The summed E-state index contributed by atoms with van der Waals surface area (Å²) in [6.45, 7) is 8.54. The summed E-state index contributed by atoms with van der Waals surface area (Å²) in [6, 6.07) is 7.89. The smallest absolute Gasteiger partial charge is 0.169 e. The Morgan fingerprint density at radius 2 is 1.76 bits per heavy atom. The molecule has 1 N–H and O–H groups in total. The van der Waals surface area contributed by atoms with Gasteiger partial charge in [0.25, 0.3) is 0 Å². The number of aliphatic hydroxyl groups excluding tert-OH is 1. The summed E-state index contributed by atoms with van der Waals surface area (Å²) in [6.07, 6.45) is 0.851. The predicted molar refractivity (Wildman–Crippen MR) is 123 cm³/mol. The minimum absolute atomic E-state index is 0.0654. The van der Waals surface area contributed by atoms with Crippen LogP contribution in [-0.4, -0.2) is 36.2 Å². The minimum Gasteiger partial charge on any atom is -0.550 e. The monoisotopic (exact) mass is 457 g/mol. The number of carboxylic acid groups (broad SMARTS) is 1. The van der Waals surface area contributed by atoms with Gasteiger partial charge in [-0.05, 0) is 54.7 Å². The van der Waals surface area contributed by atoms with E-state index >= 15 is 0 Å². The van der Waals surface area contributed by atoms with Gasteiger partial charge in [-0.25, -0.2) is 4.39 Å². The number of carbonyl (C=O) groups is 2. The maximum absolute atomic E-state index is 13.6. The number of aliphatic hydroxyl groups is 1. The molecule has 0 heterocycles. The number of benzene rings is 2. The van der Waals surface area contributed by atoms with Crippen molar-refractivity contribution in [2.24, 2.45) is 0 Å². The summed E-state index contributed by atoms with van der Waals surface area (Å²) < 4.78 is 25.5. The van der Waals surface area contributed by atoms with E-state index in [1.165, 1.54) is 18.2 Å². The van der Waals surface area contributed by atoms with E-state index in [2.05, 4.69) is 0 Å². The van der Waals surface area contributed by atoms with E-state index in [0.29, 0.717) is 35.8 Å². The molecule has 178 valence electrons. The molecule has 0 aliphatic heterocycles. The lowest BCUT2D eigenvalue weighted by Gasteiger charge is -2.23. The molecule has 0 saturated carbocycles. The summed E-state index contributed by atoms with van der Waals surface area (Å²) >= 11 is 0. The van der Waals surface area contributed by atoms with E-state index in [-0.39, 0.29) is 18.2 Å². The lowest BCUT2D eigenvalue weighted by atomic mass is 9.88. The van der Waals surface area contributed by atoms with Crippen molar-refractivity contribution in [3.05, 3.63) is 53.4 Å². The van der Waals surface area contributed by atoms with Crippen molar-refractivity contribution in [3.63, 3.8) is 0 Å². The van der Waals surface area contributed by atoms with Crippen LogP contribution in [-0.2, 0) is 9.59 Å². The van der Waals surface area contributed by atoms with Crippen LogP contribution >= 0.6 is 0 Å². The van der Waals surface area contributed by atoms with E-state index in [1.807, 2.05) is 33.8 Å². The largest absolute Gasteiger partial charge is 0.550 e. The van der Waals surface area contributed by atoms with Gasteiger partial charge in [0.1, 0.15) is 11.6 Å². The summed E-state index contributed by atoms with van der Waals surface area (Å²) in [5.41, 5.74) is 3.02. The molecule has 0 spiro atoms. The second kappa shape index (κ2) is 12.2. The van der Waals surface area contributed by atoms with Crippen LogP contribution in [0.4, 0.5) is 4.39 Å². The average Bonchev–Trinajstić information content (AvgIpc) is 2.73. The fourth-order valence-electron chi connectivity index (χ4n) is 3.53. The van der Waals surface area contributed by atoms with Crippen LogP contribution in [0, 0.1) is 5.82 Å². The first-order chi connectivity index (χ1) is 15.7. The molecule has 33 heavy (non-hydrogen) atoms. The summed E-state index contributed by atoms with van der Waals surface area (Å²) in [5, 5.41) is 20.9. The van der Waals surface area contributed by atoms with Crippen LogP contribution in [0.1, 0.15) is 57.6 Å². The van der Waals surface area contributed by atoms with E-state index < -0.39 is 24.3 Å². The Labute approximate surface area is 193 Å². The van der Waals surface area contributed by atoms with Gasteiger partial charge >= 0.3 is 0 Å². The molecule has 1 unspecified atom stereocenters. The number of halogens is 1. The van der Waals surface area contributed by atoms with Gasteiger partial charge in [-0.2, -0.15) is 0 Å². The number of carbonyl (C=O) groups excluding carboxylic acids is 2. The number of carboxylic acids is 1. The van der Waals surface area contributed by atoms with Crippen molar-refractivity contribution in [1.82, 2.24) is 0 Å². The van der Waals surface area contributed by atoms with Crippen LogP contribution < -0.4 is 14.6 Å². The van der Waals surface area contributed by atoms with Gasteiger partial charge in [-0.15, -0.1) is 0 Å². The summed E-state index contributed by atoms with van der Waals surface area (Å²) in [5.74, 6) is -1.36. The number of ketones is 1. The normalized spacial score (nSPS) is 12.2. The quantitative estimate of drug-likeness (QED) is 0.486. The lowest BCUT2D eigenvalue weighted by Crippen LogP contribution is -2.26. The molecule has 0 aliphatic rings. The van der Waals surface area contributed by atoms with E-state index in [0.717, 1.165) is 11.1 Å². The highest BCUT2D eigenvalue weighted by Gasteiger charge is 2.22. The molecule has 0 bridgehead atoms. The van der Waals surface area contributed by atoms with Crippen LogP contribution in [0.15, 0.2) is 36.4 Å². The van der Waals surface area contributed by atoms with Crippen LogP contribution in [0.3, 0.4) is 0 Å². The maximum atomic E-state index is 13.6. The van der Waals surface area contributed by atoms with Crippen LogP contribution in [0.2, 0.25) is 0 Å². The van der Waals surface area contributed by atoms with Crippen molar-refractivity contribution in [2.75, 3.05) is 13.2 Å². The molecule has 0 saturated heterocycles. The molecule has 0 aliphatic carbocycles. The van der Waals surface area contributed by atoms with Crippen molar-refractivity contribution in [2.45, 2.75) is 52.6 Å². The van der Waals surface area contributed by atoms with E-state index in [1.54, 1.807) is 18.2 Å². The molecular weight excluding hydrogens is 427 g/mol. The van der Waals surface area contributed by atoms with Gasteiger partial charge < -0.3 is 24.5 Å². The van der Waals surface area contributed by atoms with Crippen molar-refractivity contribution >= 4 is 17.8 Å². The fourth-order valence-corrected chi connectivity index (χ4v) is 3.53. The van der Waals surface area contributed by atoms with Gasteiger partial charge in [0, 0.05) is 24.4 Å². The summed E-state index contributed by atoms with van der Waals surface area (Å²) in [4.78, 5) is 22.4. The number of hydrogen-bond donors (Lipinski definition) is 1. The standard InChI is InChI=1S/C26H31FO6/c1-5-32-23-15-22(16(3)4)21(12-11-19(28)13-20(29)14-24(30)31)25(26(23)33-6-2)17-7-9-18(27)10-8-17/h7-12,15-16,19,28H,5-6,13-14H2,1-4H3,(H,30,31)/p-1/b12-11+. The zero-order valence-corrected chi connectivity index (χ0v) is 19.4. The number of aliphatic carboxylic acids is 1. The van der Waals surface area contributed by atoms with E-state index in [9.17, 15) is 24.2 Å². The lowest BCUT2D eigenvalue weighted by molar-refractivity contribution is -0.304. The molecular formula is C26H30FO6-. The second-order valence-electron chi connectivity index (χ2n) is 7.83. The maximum Gasteiger partial charge on any atom is 0.169 e. The van der Waals surface area contributed by atoms with Crippen LogP contribution in [0.25, 0.3) is 17.2 Å². The van der Waals surface area contributed by atoms with E-state index in [4.69, 9.17) is 9.47 Å². The molecule has 0 amide bonds. The van der Waals surface area contributed by atoms with Crippen molar-refractivity contribution in [3.8, 4) is 22.6 Å². The topological polar surface area (TPSA) is 95.9 Å². The zero-order valence-electron chi connectivity index (χ0n) is 19.4. The van der Waals surface area contributed by atoms with Crippen LogP contribution in [0.5, 0.6) is 11.5 Å². The Morgan fingerprint density at radius 1 is 1.12 bits per heavy atom. The SMILES string of the molecule is CCOc1cc(C(C)C)c(/C=C/C(O)CC(=O)CC(=O)[O-])c(-c2ccc(F)cc2)c1OCC. The third-order valence-electron chi connectivity index (χ3n) is 4.92. The zero-order chi connectivity index (χ0) is 24.5. The number of Topliss-reactive ketones (excluding diaryl/α,β-unsaturated/α-hetero) is 1. The number of rotatable bonds is 12. The van der Waals surface area contributed by atoms with Gasteiger partial charge in [0.2, 0.25) is 0 Å². The Balaban J connectivity index is 2.67. The molecule has 7 heteroatoms. The highest BCUT2D eigenvalue weighted by molar-refractivity contribution is 5.94. The van der Waals surface area contributed by atoms with Crippen molar-refractivity contribution in [1.29, 1.82) is 0 Å². The third-order valence-corrected chi connectivity index (χ3v) is 4.92. The van der Waals surface area contributed by atoms with Gasteiger partial charge in [0.05, 0.1) is 19.3 Å². The molecule has 1 atom stereocenters. The highest BCUT2D eigenvalue weighted by Crippen LogP contribution is 2.45. The molecule has 0 fully saturated rings. The summed E-state index contributed by atoms with van der Waals surface area (Å²) in [7, 11) is 0. The van der Waals surface area contributed by atoms with Crippen molar-refractivity contribution < 1.29 is 33.7 Å². The Hall–Kier alpha value is -3.19. The molecule has 6 nitrogen and oxygen atoms in total. The molecule has 2 aromatic carbocycles. The first-order valence-electron chi connectivity index (χ1n) is 11.0. The van der Waals surface area contributed by atoms with Gasteiger partial charge in [-0.1, -0.05) is 38.1 Å². The Bertz CT molecular complexity index is 995.